The smallest absolute Gasteiger partial charge is 0.434 e. The zero-order valence-corrected chi connectivity index (χ0v) is 10.3. The summed E-state index contributed by atoms with van der Waals surface area (Å²) in [4.78, 5) is 14.8. The molecule has 1 heterocycles. The van der Waals surface area contributed by atoms with Gasteiger partial charge in [-0.25, -0.2) is 14.2 Å². The van der Waals surface area contributed by atoms with E-state index in [1.165, 1.54) is 19.1 Å². The van der Waals surface area contributed by atoms with Gasteiger partial charge in [0.1, 0.15) is 11.3 Å². The Morgan fingerprint density at radius 2 is 2.05 bits per heavy atom. The second-order valence-corrected chi connectivity index (χ2v) is 3.91. The van der Waals surface area contributed by atoms with Gasteiger partial charge in [0.25, 0.3) is 0 Å². The number of carbonyl (C=O) groups excluding carboxylic acids is 1. The third-order valence-corrected chi connectivity index (χ3v) is 2.56. The molecule has 0 amide bonds. The van der Waals surface area contributed by atoms with E-state index < -0.39 is 34.7 Å². The van der Waals surface area contributed by atoms with E-state index >= 15 is 0 Å². The van der Waals surface area contributed by atoms with Crippen LogP contribution < -0.4 is 0 Å². The van der Waals surface area contributed by atoms with Crippen molar-refractivity contribution in [2.75, 3.05) is 6.61 Å². The third-order valence-electron chi connectivity index (χ3n) is 2.56. The molecule has 1 aromatic heterocycles. The van der Waals surface area contributed by atoms with Gasteiger partial charge in [-0.3, -0.25) is 0 Å². The lowest BCUT2D eigenvalue weighted by molar-refractivity contribution is -0.141. The van der Waals surface area contributed by atoms with E-state index in [0.29, 0.717) is 0 Å². The second-order valence-electron chi connectivity index (χ2n) is 3.91. The molecule has 0 bridgehead atoms. The monoisotopic (exact) mass is 287 g/mol. The fourth-order valence-electron chi connectivity index (χ4n) is 1.74. The van der Waals surface area contributed by atoms with Crippen LogP contribution >= 0.6 is 0 Å². The first-order chi connectivity index (χ1) is 9.34. The molecule has 0 aliphatic carbocycles. The first kappa shape index (κ1) is 14.2. The lowest BCUT2D eigenvalue weighted by atomic mass is 10.1. The molecule has 0 fully saturated rings. The maximum atomic E-state index is 13.5. The Labute approximate surface area is 111 Å². The first-order valence-corrected chi connectivity index (χ1v) is 5.68. The number of aromatic nitrogens is 1. The molecule has 7 heteroatoms. The Hall–Kier alpha value is -2.18. The number of ether oxygens (including phenoxy) is 1. The van der Waals surface area contributed by atoms with Gasteiger partial charge < -0.3 is 4.74 Å². The molecule has 106 valence electrons. The Morgan fingerprint density at radius 3 is 2.65 bits per heavy atom. The number of halogens is 4. The quantitative estimate of drug-likeness (QED) is 0.626. The van der Waals surface area contributed by atoms with Crippen molar-refractivity contribution >= 4 is 16.9 Å². The standard InChI is InChI=1S/C13H9F4NO2/c1-2-20-12(19)8-6-7-4-3-5-9(14)10(7)18-11(8)13(15,16)17/h3-6H,2H2,1H3. The predicted molar refractivity (Wildman–Crippen MR) is 62.7 cm³/mol. The van der Waals surface area contributed by atoms with Crippen molar-refractivity contribution in [2.45, 2.75) is 13.1 Å². The van der Waals surface area contributed by atoms with Crippen LogP contribution in [0.2, 0.25) is 0 Å². The van der Waals surface area contributed by atoms with Crippen molar-refractivity contribution in [3.05, 3.63) is 41.3 Å². The maximum absolute atomic E-state index is 13.5. The highest BCUT2D eigenvalue weighted by molar-refractivity contribution is 5.95. The Balaban J connectivity index is 2.74. The minimum absolute atomic E-state index is 0.0721. The van der Waals surface area contributed by atoms with Crippen molar-refractivity contribution < 1.29 is 27.1 Å². The Kier molecular flexibility index (Phi) is 3.61. The average molecular weight is 287 g/mol. The fourth-order valence-corrected chi connectivity index (χ4v) is 1.74. The van der Waals surface area contributed by atoms with E-state index in [1.54, 1.807) is 0 Å². The summed E-state index contributed by atoms with van der Waals surface area (Å²) >= 11 is 0. The van der Waals surface area contributed by atoms with E-state index in [4.69, 9.17) is 0 Å². The van der Waals surface area contributed by atoms with E-state index in [2.05, 4.69) is 9.72 Å². The van der Waals surface area contributed by atoms with Crippen LogP contribution in [-0.4, -0.2) is 17.6 Å². The molecule has 1 aromatic carbocycles. The summed E-state index contributed by atoms with van der Waals surface area (Å²) in [6.45, 7) is 1.40. The molecular formula is C13H9F4NO2. The number of alkyl halides is 3. The maximum Gasteiger partial charge on any atom is 0.434 e. The van der Waals surface area contributed by atoms with E-state index in [9.17, 15) is 22.4 Å². The van der Waals surface area contributed by atoms with Gasteiger partial charge in [0.2, 0.25) is 0 Å². The number of nitrogens with zero attached hydrogens (tertiary/aromatic N) is 1. The Bertz CT molecular complexity index is 667. The highest BCUT2D eigenvalue weighted by Gasteiger charge is 2.38. The number of fused-ring (bicyclic) bond motifs is 1. The predicted octanol–water partition coefficient (Wildman–Crippen LogP) is 3.57. The van der Waals surface area contributed by atoms with Gasteiger partial charge in [0.15, 0.2) is 5.69 Å². The lowest BCUT2D eigenvalue weighted by Gasteiger charge is -2.12. The van der Waals surface area contributed by atoms with E-state index in [1.807, 2.05) is 0 Å². The summed E-state index contributed by atoms with van der Waals surface area (Å²) in [5, 5.41) is 0.0982. The number of esters is 1. The molecule has 2 rings (SSSR count). The molecule has 20 heavy (non-hydrogen) atoms. The molecule has 0 aliphatic rings. The second kappa shape index (κ2) is 5.07. The molecule has 0 saturated carbocycles. The number of hydrogen-bond acceptors (Lipinski definition) is 3. The topological polar surface area (TPSA) is 39.2 Å². The molecule has 0 N–H and O–H groups in total. The molecular weight excluding hydrogens is 278 g/mol. The molecule has 0 spiro atoms. The SMILES string of the molecule is CCOC(=O)c1cc2cccc(F)c2nc1C(F)(F)F. The normalized spacial score (nSPS) is 11.7. The summed E-state index contributed by atoms with van der Waals surface area (Å²) in [6, 6.07) is 4.63. The minimum atomic E-state index is -4.88. The summed E-state index contributed by atoms with van der Waals surface area (Å²) in [6.07, 6.45) is -4.88. The Morgan fingerprint density at radius 1 is 1.35 bits per heavy atom. The van der Waals surface area contributed by atoms with Crippen LogP contribution in [-0.2, 0) is 10.9 Å². The highest BCUT2D eigenvalue weighted by Crippen LogP contribution is 2.33. The molecule has 0 atom stereocenters. The average Bonchev–Trinajstić information content (AvgIpc) is 2.37. The van der Waals surface area contributed by atoms with Crippen molar-refractivity contribution in [3.63, 3.8) is 0 Å². The van der Waals surface area contributed by atoms with Gasteiger partial charge in [-0.15, -0.1) is 0 Å². The molecule has 0 aliphatic heterocycles. The number of hydrogen-bond donors (Lipinski definition) is 0. The largest absolute Gasteiger partial charge is 0.462 e. The number of rotatable bonds is 2. The highest BCUT2D eigenvalue weighted by atomic mass is 19.4. The number of para-hydroxylation sites is 1. The van der Waals surface area contributed by atoms with Crippen LogP contribution in [0.1, 0.15) is 23.0 Å². The van der Waals surface area contributed by atoms with Gasteiger partial charge >= 0.3 is 12.1 Å². The van der Waals surface area contributed by atoms with Gasteiger partial charge in [0.05, 0.1) is 12.2 Å². The van der Waals surface area contributed by atoms with Gasteiger partial charge in [-0.1, -0.05) is 12.1 Å². The van der Waals surface area contributed by atoms with Crippen LogP contribution in [0, 0.1) is 5.82 Å². The molecule has 3 nitrogen and oxygen atoms in total. The van der Waals surface area contributed by atoms with Crippen LogP contribution in [0.5, 0.6) is 0 Å². The van der Waals surface area contributed by atoms with Crippen LogP contribution in [0.25, 0.3) is 10.9 Å². The van der Waals surface area contributed by atoms with Crippen molar-refractivity contribution in [1.29, 1.82) is 0 Å². The van der Waals surface area contributed by atoms with Gasteiger partial charge in [0, 0.05) is 5.39 Å². The van der Waals surface area contributed by atoms with E-state index in [0.717, 1.165) is 12.1 Å². The van der Waals surface area contributed by atoms with Crippen molar-refractivity contribution in [2.24, 2.45) is 0 Å². The summed E-state index contributed by atoms with van der Waals surface area (Å²) < 4.78 is 56.8. The zero-order valence-electron chi connectivity index (χ0n) is 10.3. The zero-order chi connectivity index (χ0) is 14.9. The van der Waals surface area contributed by atoms with E-state index in [-0.39, 0.29) is 12.0 Å². The van der Waals surface area contributed by atoms with Crippen molar-refractivity contribution in [1.82, 2.24) is 4.98 Å². The first-order valence-electron chi connectivity index (χ1n) is 5.68. The third kappa shape index (κ3) is 2.56. The number of pyridine rings is 1. The molecule has 0 saturated heterocycles. The summed E-state index contributed by atoms with van der Waals surface area (Å²) in [5.41, 5.74) is -2.61. The van der Waals surface area contributed by atoms with Crippen LogP contribution in [0.15, 0.2) is 24.3 Å². The fraction of sp³-hybridized carbons (Fsp3) is 0.231. The number of benzene rings is 1. The van der Waals surface area contributed by atoms with Crippen LogP contribution in [0.3, 0.4) is 0 Å². The summed E-state index contributed by atoms with van der Waals surface area (Å²) in [7, 11) is 0. The summed E-state index contributed by atoms with van der Waals surface area (Å²) in [5.74, 6) is -2.03. The molecule has 0 unspecified atom stereocenters. The molecule has 0 radical (unpaired) electrons. The van der Waals surface area contributed by atoms with Crippen LogP contribution in [0.4, 0.5) is 17.6 Å². The van der Waals surface area contributed by atoms with Gasteiger partial charge in [-0.05, 0) is 19.1 Å². The van der Waals surface area contributed by atoms with Gasteiger partial charge in [-0.2, -0.15) is 13.2 Å². The molecule has 2 aromatic rings. The minimum Gasteiger partial charge on any atom is -0.462 e. The lowest BCUT2D eigenvalue weighted by Crippen LogP contribution is -2.17. The number of carbonyl (C=O) groups is 1. The van der Waals surface area contributed by atoms with Crippen molar-refractivity contribution in [3.8, 4) is 0 Å².